The van der Waals surface area contributed by atoms with Crippen LogP contribution >= 0.6 is 11.6 Å². The summed E-state index contributed by atoms with van der Waals surface area (Å²) in [5, 5.41) is 9.23. The van der Waals surface area contributed by atoms with Gasteiger partial charge in [-0.1, -0.05) is 114 Å². The summed E-state index contributed by atoms with van der Waals surface area (Å²) < 4.78 is 10.0. The fraction of sp³-hybridized carbons (Fsp3) is 0.0222. The highest BCUT2D eigenvalue weighted by Crippen LogP contribution is 2.38. The number of imidazole rings is 1. The highest BCUT2D eigenvalue weighted by atomic mass is 35.5. The molecule has 0 aliphatic carbocycles. The molecule has 8 rings (SSSR count). The average Bonchev–Trinajstić information content (AvgIpc) is 3.87. The minimum atomic E-state index is -0.0949. The maximum atomic E-state index is 12.7. The van der Waals surface area contributed by atoms with Crippen molar-refractivity contribution in [2.24, 2.45) is 0 Å². The number of nitrogens with zero attached hydrogens (tertiary/aromatic N) is 5. The van der Waals surface area contributed by atoms with Crippen LogP contribution in [0.3, 0.4) is 0 Å². The lowest BCUT2D eigenvalue weighted by molar-refractivity contribution is 0.104. The number of ether oxygens (including phenoxy) is 1. The van der Waals surface area contributed by atoms with E-state index in [1.165, 1.54) is 0 Å². The van der Waals surface area contributed by atoms with Crippen LogP contribution in [-0.4, -0.2) is 30.3 Å². The molecule has 0 amide bonds. The Kier molecular flexibility index (Phi) is 9.55. The van der Waals surface area contributed by atoms with Crippen molar-refractivity contribution in [1.29, 1.82) is 0 Å². The second-order valence-corrected chi connectivity index (χ2v) is 12.7. The van der Waals surface area contributed by atoms with E-state index in [4.69, 9.17) is 21.3 Å². The lowest BCUT2D eigenvalue weighted by atomic mass is 10.0. The summed E-state index contributed by atoms with van der Waals surface area (Å²) in [6.07, 6.45) is 5.14. The van der Waals surface area contributed by atoms with Gasteiger partial charge in [0.2, 0.25) is 0 Å². The summed E-state index contributed by atoms with van der Waals surface area (Å²) in [6.45, 7) is 0.236. The highest BCUT2D eigenvalue weighted by Gasteiger charge is 2.22. The minimum Gasteiger partial charge on any atom is -0.487 e. The SMILES string of the molecule is O=C(C=Cc1ccc(Cl)cc1)c1ccc(-n2cc(COc3ccc(-c4nc(-c5ccccc5)c(-c5ccccc5)n4-c4ccccc4)cc3)nn2)cc1. The van der Waals surface area contributed by atoms with Gasteiger partial charge in [-0.25, -0.2) is 9.67 Å². The number of aromatic nitrogens is 5. The van der Waals surface area contributed by atoms with E-state index in [-0.39, 0.29) is 12.4 Å². The van der Waals surface area contributed by atoms with Crippen molar-refractivity contribution < 1.29 is 9.53 Å². The van der Waals surface area contributed by atoms with Gasteiger partial charge in [-0.05, 0) is 84.4 Å². The molecule has 0 saturated heterocycles. The van der Waals surface area contributed by atoms with E-state index < -0.39 is 0 Å². The molecule has 0 aliphatic rings. The summed E-state index contributed by atoms with van der Waals surface area (Å²) in [5.74, 6) is 1.43. The van der Waals surface area contributed by atoms with E-state index in [9.17, 15) is 4.79 Å². The molecule has 8 heteroatoms. The van der Waals surface area contributed by atoms with E-state index in [1.807, 2.05) is 97.2 Å². The van der Waals surface area contributed by atoms with E-state index in [0.717, 1.165) is 50.8 Å². The Hall–Kier alpha value is -6.83. The van der Waals surface area contributed by atoms with Gasteiger partial charge in [-0.3, -0.25) is 9.36 Å². The fourth-order valence-electron chi connectivity index (χ4n) is 6.07. The largest absolute Gasteiger partial charge is 0.487 e. The predicted molar refractivity (Wildman–Crippen MR) is 210 cm³/mol. The Labute approximate surface area is 312 Å². The van der Waals surface area contributed by atoms with Gasteiger partial charge in [0.25, 0.3) is 0 Å². The van der Waals surface area contributed by atoms with Gasteiger partial charge in [-0.2, -0.15) is 0 Å². The van der Waals surface area contributed by atoms with Crippen LogP contribution in [0.25, 0.3) is 51.4 Å². The molecule has 0 spiro atoms. The number of para-hydroxylation sites is 1. The molecule has 256 valence electrons. The van der Waals surface area contributed by atoms with E-state index in [1.54, 1.807) is 41.1 Å². The van der Waals surface area contributed by atoms with Crippen molar-refractivity contribution in [3.8, 4) is 51.0 Å². The lowest BCUT2D eigenvalue weighted by Crippen LogP contribution is -2.00. The molecule has 0 bridgehead atoms. The smallest absolute Gasteiger partial charge is 0.185 e. The van der Waals surface area contributed by atoms with Crippen LogP contribution in [0.15, 0.2) is 176 Å². The van der Waals surface area contributed by atoms with Gasteiger partial charge in [-0.15, -0.1) is 5.10 Å². The van der Waals surface area contributed by atoms with Crippen molar-refractivity contribution in [3.05, 3.63) is 198 Å². The Morgan fingerprint density at radius 1 is 0.660 bits per heavy atom. The highest BCUT2D eigenvalue weighted by molar-refractivity contribution is 6.30. The lowest BCUT2D eigenvalue weighted by Gasteiger charge is -2.14. The Morgan fingerprint density at radius 3 is 1.98 bits per heavy atom. The van der Waals surface area contributed by atoms with Gasteiger partial charge < -0.3 is 4.74 Å². The molecule has 7 nitrogen and oxygen atoms in total. The van der Waals surface area contributed by atoms with E-state index in [0.29, 0.717) is 22.0 Å². The van der Waals surface area contributed by atoms with Gasteiger partial charge in [0.05, 0.1) is 23.3 Å². The van der Waals surface area contributed by atoms with Crippen LogP contribution in [-0.2, 0) is 6.61 Å². The molecule has 0 fully saturated rings. The molecule has 0 unspecified atom stereocenters. The zero-order valence-corrected chi connectivity index (χ0v) is 29.2. The summed E-state index contributed by atoms with van der Waals surface area (Å²) in [5.41, 5.74) is 8.95. The first kappa shape index (κ1) is 33.3. The van der Waals surface area contributed by atoms with Crippen molar-refractivity contribution in [1.82, 2.24) is 24.5 Å². The molecule has 0 aliphatic heterocycles. The van der Waals surface area contributed by atoms with Crippen LogP contribution < -0.4 is 4.74 Å². The summed E-state index contributed by atoms with van der Waals surface area (Å²) >= 11 is 5.95. The third-order valence-electron chi connectivity index (χ3n) is 8.74. The summed E-state index contributed by atoms with van der Waals surface area (Å²) in [6, 6.07) is 53.5. The normalized spacial score (nSPS) is 11.2. The maximum Gasteiger partial charge on any atom is 0.185 e. The molecular weight excluding hydrogens is 678 g/mol. The predicted octanol–water partition coefficient (Wildman–Crippen LogP) is 10.6. The minimum absolute atomic E-state index is 0.0949. The first-order chi connectivity index (χ1) is 26.1. The molecule has 8 aromatic rings. The van der Waals surface area contributed by atoms with Crippen molar-refractivity contribution in [2.75, 3.05) is 0 Å². The molecule has 2 heterocycles. The van der Waals surface area contributed by atoms with E-state index >= 15 is 0 Å². The summed E-state index contributed by atoms with van der Waals surface area (Å²) in [7, 11) is 0. The second-order valence-electron chi connectivity index (χ2n) is 12.3. The third kappa shape index (κ3) is 7.47. The van der Waals surface area contributed by atoms with Crippen molar-refractivity contribution >= 4 is 23.5 Å². The number of rotatable bonds is 11. The van der Waals surface area contributed by atoms with Crippen LogP contribution in [0.5, 0.6) is 5.75 Å². The number of allylic oxidation sites excluding steroid dienone is 1. The molecule has 0 atom stereocenters. The van der Waals surface area contributed by atoms with Crippen molar-refractivity contribution in [3.63, 3.8) is 0 Å². The zero-order valence-electron chi connectivity index (χ0n) is 28.5. The number of carbonyl (C=O) groups excluding carboxylic acids is 1. The first-order valence-electron chi connectivity index (χ1n) is 17.1. The number of hydrogen-bond acceptors (Lipinski definition) is 5. The Morgan fingerprint density at radius 2 is 1.30 bits per heavy atom. The molecule has 2 aromatic heterocycles. The van der Waals surface area contributed by atoms with Crippen molar-refractivity contribution in [2.45, 2.75) is 6.61 Å². The maximum absolute atomic E-state index is 12.7. The number of hydrogen-bond donors (Lipinski definition) is 0. The fourth-order valence-corrected chi connectivity index (χ4v) is 6.20. The Bertz CT molecular complexity index is 2490. The molecule has 0 N–H and O–H groups in total. The van der Waals surface area contributed by atoms with Crippen LogP contribution in [0.1, 0.15) is 21.6 Å². The quantitative estimate of drug-likeness (QED) is 0.0987. The zero-order chi connectivity index (χ0) is 36.0. The van der Waals surface area contributed by atoms with Gasteiger partial charge in [0.15, 0.2) is 5.78 Å². The molecule has 6 aromatic carbocycles. The standard InChI is InChI=1S/C45H32ClN5O2/c46-37-23-16-32(17-24-37)18-29-42(52)33-19-25-39(26-20-33)50-30-38(48-49-50)31-53-41-27-21-36(22-28-41)45-47-43(34-10-4-1-5-11-34)44(35-12-6-2-7-13-35)51(45)40-14-8-3-9-15-40/h1-30H,31H2. The van der Waals surface area contributed by atoms with Crippen LogP contribution in [0.2, 0.25) is 5.02 Å². The molecule has 0 radical (unpaired) electrons. The van der Waals surface area contributed by atoms with Gasteiger partial charge >= 0.3 is 0 Å². The second kappa shape index (κ2) is 15.2. The molecule has 0 saturated carbocycles. The molecule has 53 heavy (non-hydrogen) atoms. The first-order valence-corrected chi connectivity index (χ1v) is 17.5. The summed E-state index contributed by atoms with van der Waals surface area (Å²) in [4.78, 5) is 18.0. The number of benzene rings is 6. The monoisotopic (exact) mass is 709 g/mol. The number of halogens is 1. The number of ketones is 1. The van der Waals surface area contributed by atoms with Crippen LogP contribution in [0, 0.1) is 0 Å². The average molecular weight is 710 g/mol. The number of carbonyl (C=O) groups is 1. The van der Waals surface area contributed by atoms with Gasteiger partial charge in [0.1, 0.15) is 23.9 Å². The van der Waals surface area contributed by atoms with E-state index in [2.05, 4.69) is 63.4 Å². The molecular formula is C45H32ClN5O2. The van der Waals surface area contributed by atoms with Crippen LogP contribution in [0.4, 0.5) is 0 Å². The third-order valence-corrected chi connectivity index (χ3v) is 8.99. The van der Waals surface area contributed by atoms with Gasteiger partial charge in [0, 0.05) is 33.0 Å². The topological polar surface area (TPSA) is 74.8 Å². The Balaban J connectivity index is 0.995.